The number of rotatable bonds is 4. The number of carbonyl (C=O) groups is 1. The Kier molecular flexibility index (Phi) is 3.75. The van der Waals surface area contributed by atoms with Gasteiger partial charge in [-0.05, 0) is 12.1 Å². The number of ether oxygens (including phenoxy) is 1. The van der Waals surface area contributed by atoms with Crippen molar-refractivity contribution in [1.82, 2.24) is 4.98 Å². The Balaban J connectivity index is 2.56. The number of nitrogens with zero attached hydrogens (tertiary/aromatic N) is 1. The molecule has 0 saturated heterocycles. The third kappa shape index (κ3) is 2.37. The summed E-state index contributed by atoms with van der Waals surface area (Å²) >= 11 is 0. The van der Waals surface area contributed by atoms with Crippen molar-refractivity contribution in [3.8, 4) is 11.5 Å². The molecule has 0 aliphatic rings. The average molecular weight is 287 g/mol. The molecule has 1 aromatic heterocycles. The van der Waals surface area contributed by atoms with Gasteiger partial charge in [-0.2, -0.15) is 0 Å². The van der Waals surface area contributed by atoms with E-state index in [4.69, 9.17) is 14.3 Å². The zero-order valence-corrected chi connectivity index (χ0v) is 10.1. The Hall–Kier alpha value is -2.35. The summed E-state index contributed by atoms with van der Waals surface area (Å²) in [5.41, 5.74) is -0.562. The van der Waals surface area contributed by atoms with Crippen molar-refractivity contribution in [2.24, 2.45) is 0 Å². The van der Waals surface area contributed by atoms with Crippen LogP contribution in [0.15, 0.2) is 16.5 Å². The third-order valence-corrected chi connectivity index (χ3v) is 2.44. The van der Waals surface area contributed by atoms with E-state index in [-0.39, 0.29) is 12.3 Å². The van der Waals surface area contributed by atoms with E-state index in [9.17, 15) is 18.0 Å². The second kappa shape index (κ2) is 5.33. The van der Waals surface area contributed by atoms with Crippen LogP contribution in [0.3, 0.4) is 0 Å². The molecule has 1 N–H and O–H groups in total. The van der Waals surface area contributed by atoms with E-state index in [1.807, 2.05) is 0 Å². The lowest BCUT2D eigenvalue weighted by molar-refractivity contribution is 0.0656. The number of oxazole rings is 1. The molecule has 0 radical (unpaired) electrons. The van der Waals surface area contributed by atoms with Crippen LogP contribution in [-0.4, -0.2) is 23.2 Å². The molecule has 8 heteroatoms. The number of aromatic carboxylic acids is 1. The SMILES string of the molecule is COCc1nc(-c2ccc(F)c(F)c2F)oc1C(=O)O. The first-order valence-corrected chi connectivity index (χ1v) is 5.31. The number of hydrogen-bond donors (Lipinski definition) is 1. The molecule has 106 valence electrons. The fraction of sp³-hybridized carbons (Fsp3) is 0.167. The van der Waals surface area contributed by atoms with Gasteiger partial charge in [-0.3, -0.25) is 0 Å². The fourth-order valence-electron chi connectivity index (χ4n) is 1.56. The van der Waals surface area contributed by atoms with Gasteiger partial charge in [-0.1, -0.05) is 0 Å². The molecule has 0 atom stereocenters. The lowest BCUT2D eigenvalue weighted by Gasteiger charge is -2.00. The number of halogens is 3. The van der Waals surface area contributed by atoms with Gasteiger partial charge in [0.25, 0.3) is 0 Å². The van der Waals surface area contributed by atoms with Crippen molar-refractivity contribution in [3.63, 3.8) is 0 Å². The van der Waals surface area contributed by atoms with Crippen molar-refractivity contribution < 1.29 is 32.2 Å². The Morgan fingerprint density at radius 2 is 2.05 bits per heavy atom. The van der Waals surface area contributed by atoms with E-state index >= 15 is 0 Å². The summed E-state index contributed by atoms with van der Waals surface area (Å²) < 4.78 is 49.1. The molecule has 5 nitrogen and oxygen atoms in total. The number of carboxylic acids is 1. The molecule has 2 aromatic rings. The largest absolute Gasteiger partial charge is 0.475 e. The number of benzene rings is 1. The summed E-state index contributed by atoms with van der Waals surface area (Å²) in [5.74, 6) is -7.01. The fourth-order valence-corrected chi connectivity index (χ4v) is 1.56. The van der Waals surface area contributed by atoms with Gasteiger partial charge in [0, 0.05) is 7.11 Å². The smallest absolute Gasteiger partial charge is 0.373 e. The number of carboxylic acid groups (broad SMARTS) is 1. The van der Waals surface area contributed by atoms with Gasteiger partial charge in [-0.15, -0.1) is 0 Å². The summed E-state index contributed by atoms with van der Waals surface area (Å²) in [5, 5.41) is 8.90. The molecule has 0 bridgehead atoms. The van der Waals surface area contributed by atoms with Gasteiger partial charge < -0.3 is 14.3 Å². The molecule has 20 heavy (non-hydrogen) atoms. The summed E-state index contributed by atoms with van der Waals surface area (Å²) in [7, 11) is 1.30. The van der Waals surface area contributed by atoms with Crippen LogP contribution in [0.2, 0.25) is 0 Å². The molecule has 2 rings (SSSR count). The Labute approximate surface area is 110 Å². The molecule has 0 unspecified atom stereocenters. The standard InChI is InChI=1S/C12H8F3NO4/c1-19-4-7-10(12(17)18)20-11(16-7)5-2-3-6(13)9(15)8(5)14/h2-3H,4H2,1H3,(H,17,18). The highest BCUT2D eigenvalue weighted by Gasteiger charge is 2.24. The van der Waals surface area contributed by atoms with Gasteiger partial charge in [0.05, 0.1) is 12.2 Å². The van der Waals surface area contributed by atoms with E-state index in [1.165, 1.54) is 7.11 Å². The van der Waals surface area contributed by atoms with Crippen molar-refractivity contribution in [3.05, 3.63) is 41.0 Å². The van der Waals surface area contributed by atoms with Gasteiger partial charge in [0.1, 0.15) is 5.69 Å². The quantitative estimate of drug-likeness (QED) is 0.875. The molecule has 0 spiro atoms. The zero-order chi connectivity index (χ0) is 14.9. The Morgan fingerprint density at radius 1 is 1.35 bits per heavy atom. The van der Waals surface area contributed by atoms with Crippen LogP contribution < -0.4 is 0 Å². The van der Waals surface area contributed by atoms with Crippen molar-refractivity contribution in [2.75, 3.05) is 7.11 Å². The maximum absolute atomic E-state index is 13.6. The molecule has 0 aliphatic heterocycles. The maximum atomic E-state index is 13.6. The second-order valence-corrected chi connectivity index (χ2v) is 3.76. The van der Waals surface area contributed by atoms with E-state index in [1.54, 1.807) is 0 Å². The van der Waals surface area contributed by atoms with Crippen LogP contribution in [0.1, 0.15) is 16.2 Å². The first-order valence-electron chi connectivity index (χ1n) is 5.31. The second-order valence-electron chi connectivity index (χ2n) is 3.76. The first-order chi connectivity index (χ1) is 9.45. The summed E-state index contributed by atoms with van der Waals surface area (Å²) in [6, 6.07) is 1.59. The van der Waals surface area contributed by atoms with Gasteiger partial charge in [-0.25, -0.2) is 22.9 Å². The molecule has 0 saturated carbocycles. The lowest BCUT2D eigenvalue weighted by atomic mass is 10.2. The molecule has 0 fully saturated rings. The van der Waals surface area contributed by atoms with Crippen molar-refractivity contribution >= 4 is 5.97 Å². The van der Waals surface area contributed by atoms with Crippen LogP contribution in [-0.2, 0) is 11.3 Å². The predicted octanol–water partition coefficient (Wildman–Crippen LogP) is 2.60. The molecular weight excluding hydrogens is 279 g/mol. The Bertz CT molecular complexity index is 669. The Morgan fingerprint density at radius 3 is 2.65 bits per heavy atom. The monoisotopic (exact) mass is 287 g/mol. The summed E-state index contributed by atoms with van der Waals surface area (Å²) in [6.45, 7) is -0.184. The highest BCUT2D eigenvalue weighted by molar-refractivity contribution is 5.86. The summed E-state index contributed by atoms with van der Waals surface area (Å²) in [6.07, 6.45) is 0. The molecule has 0 aliphatic carbocycles. The van der Waals surface area contributed by atoms with Crippen LogP contribution >= 0.6 is 0 Å². The normalized spacial score (nSPS) is 10.8. The molecule has 1 heterocycles. The minimum Gasteiger partial charge on any atom is -0.475 e. The lowest BCUT2D eigenvalue weighted by Crippen LogP contribution is -2.00. The van der Waals surface area contributed by atoms with Crippen LogP contribution in [0.25, 0.3) is 11.5 Å². The van der Waals surface area contributed by atoms with Crippen LogP contribution in [0.4, 0.5) is 13.2 Å². The first kappa shape index (κ1) is 14.1. The molecular formula is C12H8F3NO4. The van der Waals surface area contributed by atoms with Gasteiger partial charge in [0.15, 0.2) is 17.5 Å². The highest BCUT2D eigenvalue weighted by atomic mass is 19.2. The number of aromatic nitrogens is 1. The van der Waals surface area contributed by atoms with Gasteiger partial charge in [0.2, 0.25) is 11.7 Å². The zero-order valence-electron chi connectivity index (χ0n) is 10.1. The van der Waals surface area contributed by atoms with E-state index in [2.05, 4.69) is 4.98 Å². The maximum Gasteiger partial charge on any atom is 0.373 e. The molecule has 0 amide bonds. The van der Waals surface area contributed by atoms with Crippen molar-refractivity contribution in [1.29, 1.82) is 0 Å². The van der Waals surface area contributed by atoms with Crippen molar-refractivity contribution in [2.45, 2.75) is 6.61 Å². The van der Waals surface area contributed by atoms with E-state index in [0.29, 0.717) is 6.07 Å². The highest BCUT2D eigenvalue weighted by Crippen LogP contribution is 2.27. The number of methoxy groups -OCH3 is 1. The number of hydrogen-bond acceptors (Lipinski definition) is 4. The minimum atomic E-state index is -1.69. The molecule has 1 aromatic carbocycles. The topological polar surface area (TPSA) is 72.6 Å². The van der Waals surface area contributed by atoms with Crippen LogP contribution in [0, 0.1) is 17.5 Å². The van der Waals surface area contributed by atoms with E-state index in [0.717, 1.165) is 6.07 Å². The van der Waals surface area contributed by atoms with Gasteiger partial charge >= 0.3 is 5.97 Å². The van der Waals surface area contributed by atoms with E-state index < -0.39 is 40.6 Å². The van der Waals surface area contributed by atoms with Crippen LogP contribution in [0.5, 0.6) is 0 Å². The average Bonchev–Trinajstić information content (AvgIpc) is 2.80. The third-order valence-electron chi connectivity index (χ3n) is 2.44. The minimum absolute atomic E-state index is 0.0841. The summed E-state index contributed by atoms with van der Waals surface area (Å²) in [4.78, 5) is 14.7. The predicted molar refractivity (Wildman–Crippen MR) is 59.5 cm³/mol.